The molecule has 3 heteroatoms. The molecule has 0 rings (SSSR count). The molecule has 0 N–H and O–H groups in total. The van der Waals surface area contributed by atoms with Gasteiger partial charge in [0.1, 0.15) is 6.79 Å². The lowest BCUT2D eigenvalue weighted by Crippen LogP contribution is -2.07. The Labute approximate surface area is 83.4 Å². The summed E-state index contributed by atoms with van der Waals surface area (Å²) in [6.45, 7) is 7.22. The summed E-state index contributed by atoms with van der Waals surface area (Å²) in [5.74, 6) is 0. The largest absolute Gasteiger partial charge is 0.379 e. The van der Waals surface area contributed by atoms with Gasteiger partial charge in [0.15, 0.2) is 0 Å². The molecule has 0 radical (unpaired) electrons. The third-order valence-corrected chi connectivity index (χ3v) is 1.09. The molecule has 0 bridgehead atoms. The van der Waals surface area contributed by atoms with Gasteiger partial charge in [-0.05, 0) is 13.3 Å². The molecule has 0 aromatic carbocycles. The van der Waals surface area contributed by atoms with E-state index in [4.69, 9.17) is 14.2 Å². The Bertz CT molecular complexity index is 59.2. The van der Waals surface area contributed by atoms with E-state index in [9.17, 15) is 0 Å². The van der Waals surface area contributed by atoms with E-state index in [1.54, 1.807) is 0 Å². The van der Waals surface area contributed by atoms with Crippen LogP contribution < -0.4 is 0 Å². The molecule has 0 atom stereocenters. The Balaban J connectivity index is -0.000000500. The lowest BCUT2D eigenvalue weighted by atomic mass is 10.5. The van der Waals surface area contributed by atoms with E-state index >= 15 is 0 Å². The lowest BCUT2D eigenvalue weighted by molar-refractivity contribution is -0.0656. The van der Waals surface area contributed by atoms with Crippen LogP contribution in [0.15, 0.2) is 0 Å². The van der Waals surface area contributed by atoms with Gasteiger partial charge >= 0.3 is 0 Å². The van der Waals surface area contributed by atoms with E-state index < -0.39 is 0 Å². The normalized spacial score (nSPS) is 8.77. The lowest BCUT2D eigenvalue weighted by Gasteiger charge is -2.03. The highest BCUT2D eigenvalue weighted by Gasteiger charge is 1.87. The van der Waals surface area contributed by atoms with Gasteiger partial charge in [-0.2, -0.15) is 0 Å². The summed E-state index contributed by atoms with van der Waals surface area (Å²) < 4.78 is 15.2. The monoisotopic (exact) mass is 194 g/mol. The maximum Gasteiger partial charge on any atom is 0.146 e. The summed E-state index contributed by atoms with van der Waals surface area (Å²) in [7, 11) is 0. The van der Waals surface area contributed by atoms with E-state index in [-0.39, 0.29) is 14.9 Å². The Morgan fingerprint density at radius 2 is 1.38 bits per heavy atom. The molecule has 84 valence electrons. The molecule has 0 heterocycles. The van der Waals surface area contributed by atoms with Crippen LogP contribution in [0, 0.1) is 0 Å². The fraction of sp³-hybridized carbons (Fsp3) is 1.00. The molecule has 0 aliphatic heterocycles. The molecule has 0 aliphatic carbocycles. The minimum Gasteiger partial charge on any atom is -0.379 e. The Morgan fingerprint density at radius 3 is 1.92 bits per heavy atom. The smallest absolute Gasteiger partial charge is 0.146 e. The van der Waals surface area contributed by atoms with E-state index in [0.717, 1.165) is 13.0 Å². The van der Waals surface area contributed by atoms with Gasteiger partial charge in [0, 0.05) is 13.2 Å². The minimum atomic E-state index is 0. The predicted molar refractivity (Wildman–Crippen MR) is 57.0 cm³/mol. The van der Waals surface area contributed by atoms with E-state index in [2.05, 4.69) is 6.92 Å². The summed E-state index contributed by atoms with van der Waals surface area (Å²) in [5, 5.41) is 0. The Morgan fingerprint density at radius 1 is 0.769 bits per heavy atom. The zero-order valence-electron chi connectivity index (χ0n) is 7.47. The summed E-state index contributed by atoms with van der Waals surface area (Å²) >= 11 is 0. The van der Waals surface area contributed by atoms with Crippen molar-refractivity contribution in [2.75, 3.05) is 33.2 Å². The average Bonchev–Trinajstić information content (AvgIpc) is 2.03. The topological polar surface area (TPSA) is 27.7 Å². The molecule has 0 spiro atoms. The number of hydrogen-bond acceptors (Lipinski definition) is 3. The van der Waals surface area contributed by atoms with Crippen molar-refractivity contribution < 1.29 is 14.2 Å². The van der Waals surface area contributed by atoms with Crippen LogP contribution in [0.2, 0.25) is 0 Å². The van der Waals surface area contributed by atoms with Crippen LogP contribution in [-0.4, -0.2) is 33.2 Å². The third kappa shape index (κ3) is 18.7. The first kappa shape index (κ1) is 18.6. The van der Waals surface area contributed by atoms with Crippen LogP contribution in [-0.2, 0) is 14.2 Å². The van der Waals surface area contributed by atoms with Crippen molar-refractivity contribution in [3.8, 4) is 0 Å². The molecule has 0 amide bonds. The van der Waals surface area contributed by atoms with Gasteiger partial charge < -0.3 is 14.2 Å². The van der Waals surface area contributed by atoms with Gasteiger partial charge in [-0.25, -0.2) is 0 Å². The molecule has 0 aliphatic rings. The van der Waals surface area contributed by atoms with Crippen LogP contribution >= 0.6 is 0 Å². The van der Waals surface area contributed by atoms with E-state index in [0.29, 0.717) is 26.6 Å². The molecule has 0 fully saturated rings. The number of ether oxygens (including phenoxy) is 3. The predicted octanol–water partition coefficient (Wildman–Crippen LogP) is 2.70. The zero-order valence-corrected chi connectivity index (χ0v) is 7.47. The molecule has 0 aromatic rings. The standard InChI is InChI=1S/C8H18O3.2CH4/c1-3-5-10-6-7-11-8-9-4-2;;/h3-8H2,1-2H3;2*1H4. The van der Waals surface area contributed by atoms with Gasteiger partial charge in [-0.1, -0.05) is 21.8 Å². The first-order valence-corrected chi connectivity index (χ1v) is 4.15. The minimum absolute atomic E-state index is 0. The van der Waals surface area contributed by atoms with Crippen molar-refractivity contribution in [3.05, 3.63) is 0 Å². The van der Waals surface area contributed by atoms with Crippen LogP contribution in [0.5, 0.6) is 0 Å². The van der Waals surface area contributed by atoms with Crippen LogP contribution in [0.1, 0.15) is 35.1 Å². The molecule has 0 unspecified atom stereocenters. The fourth-order valence-corrected chi connectivity index (χ4v) is 0.565. The van der Waals surface area contributed by atoms with Gasteiger partial charge in [0.2, 0.25) is 0 Å². The second kappa shape index (κ2) is 17.8. The van der Waals surface area contributed by atoms with Crippen molar-refractivity contribution in [2.24, 2.45) is 0 Å². The first-order chi connectivity index (χ1) is 5.41. The van der Waals surface area contributed by atoms with Gasteiger partial charge in [-0.15, -0.1) is 0 Å². The zero-order chi connectivity index (χ0) is 8.36. The average molecular weight is 194 g/mol. The molecule has 13 heavy (non-hydrogen) atoms. The van der Waals surface area contributed by atoms with Crippen LogP contribution in [0.4, 0.5) is 0 Å². The fourth-order valence-electron chi connectivity index (χ4n) is 0.565. The quantitative estimate of drug-likeness (QED) is 0.439. The molecular formula is C10H26O3. The summed E-state index contributed by atoms with van der Waals surface area (Å²) in [4.78, 5) is 0. The van der Waals surface area contributed by atoms with Gasteiger partial charge in [-0.3, -0.25) is 0 Å². The highest BCUT2D eigenvalue weighted by atomic mass is 16.7. The molecule has 3 nitrogen and oxygen atoms in total. The second-order valence-corrected chi connectivity index (χ2v) is 2.13. The first-order valence-electron chi connectivity index (χ1n) is 4.15. The second-order valence-electron chi connectivity index (χ2n) is 2.13. The van der Waals surface area contributed by atoms with Gasteiger partial charge in [0.25, 0.3) is 0 Å². The number of hydrogen-bond donors (Lipinski definition) is 0. The Kier molecular flexibility index (Phi) is 25.5. The summed E-state index contributed by atoms with van der Waals surface area (Å²) in [6.07, 6.45) is 1.06. The molecule has 0 saturated heterocycles. The maximum absolute atomic E-state index is 5.18. The van der Waals surface area contributed by atoms with E-state index in [1.807, 2.05) is 6.92 Å². The van der Waals surface area contributed by atoms with Crippen molar-refractivity contribution in [1.29, 1.82) is 0 Å². The highest BCUT2D eigenvalue weighted by Crippen LogP contribution is 1.82. The molecule has 0 saturated carbocycles. The van der Waals surface area contributed by atoms with Gasteiger partial charge in [0.05, 0.1) is 13.2 Å². The SMILES string of the molecule is C.C.CCCOCCOCOCC. The third-order valence-electron chi connectivity index (χ3n) is 1.09. The summed E-state index contributed by atoms with van der Waals surface area (Å²) in [6, 6.07) is 0. The van der Waals surface area contributed by atoms with Crippen molar-refractivity contribution >= 4 is 0 Å². The highest BCUT2D eigenvalue weighted by molar-refractivity contribution is 4.28. The summed E-state index contributed by atoms with van der Waals surface area (Å²) in [5.41, 5.74) is 0. The van der Waals surface area contributed by atoms with E-state index in [1.165, 1.54) is 0 Å². The van der Waals surface area contributed by atoms with Crippen molar-refractivity contribution in [2.45, 2.75) is 35.1 Å². The van der Waals surface area contributed by atoms with Crippen LogP contribution in [0.25, 0.3) is 0 Å². The Hall–Kier alpha value is -0.120. The molecular weight excluding hydrogens is 168 g/mol. The van der Waals surface area contributed by atoms with Crippen LogP contribution in [0.3, 0.4) is 0 Å². The van der Waals surface area contributed by atoms with Crippen molar-refractivity contribution in [3.63, 3.8) is 0 Å². The molecule has 0 aromatic heterocycles. The number of rotatable bonds is 8. The van der Waals surface area contributed by atoms with Crippen molar-refractivity contribution in [1.82, 2.24) is 0 Å². The maximum atomic E-state index is 5.18.